The Morgan fingerprint density at radius 3 is 2.62 bits per heavy atom. The van der Waals surface area contributed by atoms with Crippen molar-refractivity contribution in [3.63, 3.8) is 0 Å². The molecule has 0 fully saturated rings. The Labute approximate surface area is 175 Å². The molecule has 0 spiro atoms. The Hall–Kier alpha value is -1.68. The quantitative estimate of drug-likeness (QED) is 0.331. The molecule has 0 bridgehead atoms. The second-order valence-electron chi connectivity index (χ2n) is 5.90. The van der Waals surface area contributed by atoms with Crippen LogP contribution in [-0.2, 0) is 13.1 Å². The van der Waals surface area contributed by atoms with Crippen LogP contribution in [0.2, 0.25) is 0 Å². The predicted octanol–water partition coefficient (Wildman–Crippen LogP) is 3.40. The molecule has 0 aliphatic rings. The van der Waals surface area contributed by atoms with Crippen LogP contribution < -0.4 is 10.6 Å². The number of para-hydroxylation sites is 2. The number of aliphatic imine (C=N–C) groups is 1. The van der Waals surface area contributed by atoms with E-state index in [-0.39, 0.29) is 24.0 Å². The Kier molecular flexibility index (Phi) is 7.39. The first-order chi connectivity index (χ1) is 12.1. The fourth-order valence-corrected chi connectivity index (χ4v) is 3.63. The lowest BCUT2D eigenvalue weighted by molar-refractivity contribution is 0.659. The summed E-state index contributed by atoms with van der Waals surface area (Å²) in [5.74, 6) is 1.81. The summed E-state index contributed by atoms with van der Waals surface area (Å²) in [6.45, 7) is 8.48. The van der Waals surface area contributed by atoms with Crippen molar-refractivity contribution < 1.29 is 0 Å². The van der Waals surface area contributed by atoms with Crippen LogP contribution in [0.25, 0.3) is 11.0 Å². The molecule has 26 heavy (non-hydrogen) atoms. The van der Waals surface area contributed by atoms with Gasteiger partial charge in [0.05, 0.1) is 23.3 Å². The Balaban J connectivity index is 0.00000243. The summed E-state index contributed by atoms with van der Waals surface area (Å²) in [5, 5.41) is 7.76. The van der Waals surface area contributed by atoms with E-state index in [1.165, 1.54) is 10.4 Å². The molecule has 0 aliphatic heterocycles. The SMILES string of the molecule is CN=C(NCCn1c(C)nc2ccccc21)NCc1nc(C)c(C)s1.I. The molecule has 2 N–H and O–H groups in total. The Bertz CT molecular complexity index is 879. The van der Waals surface area contributed by atoms with Gasteiger partial charge in [-0.2, -0.15) is 0 Å². The number of benzene rings is 1. The van der Waals surface area contributed by atoms with Crippen molar-refractivity contribution >= 4 is 52.3 Å². The van der Waals surface area contributed by atoms with E-state index in [1.54, 1.807) is 18.4 Å². The number of guanidine groups is 1. The van der Waals surface area contributed by atoms with Crippen LogP contribution >= 0.6 is 35.3 Å². The first kappa shape index (κ1) is 20.6. The van der Waals surface area contributed by atoms with Gasteiger partial charge in [-0.15, -0.1) is 35.3 Å². The second kappa shape index (κ2) is 9.31. The van der Waals surface area contributed by atoms with Crippen molar-refractivity contribution in [3.8, 4) is 0 Å². The highest BCUT2D eigenvalue weighted by molar-refractivity contribution is 14.0. The van der Waals surface area contributed by atoms with Gasteiger partial charge in [-0.3, -0.25) is 4.99 Å². The average Bonchev–Trinajstić information content (AvgIpc) is 3.09. The van der Waals surface area contributed by atoms with Crippen LogP contribution in [0.3, 0.4) is 0 Å². The summed E-state index contributed by atoms with van der Waals surface area (Å²) in [5.41, 5.74) is 3.31. The summed E-state index contributed by atoms with van der Waals surface area (Å²) in [7, 11) is 1.78. The zero-order valence-electron chi connectivity index (χ0n) is 15.5. The minimum atomic E-state index is 0. The molecule has 0 saturated carbocycles. The number of nitrogens with zero attached hydrogens (tertiary/aromatic N) is 4. The maximum Gasteiger partial charge on any atom is 0.191 e. The third kappa shape index (κ3) is 4.73. The van der Waals surface area contributed by atoms with E-state index in [4.69, 9.17) is 0 Å². The zero-order valence-corrected chi connectivity index (χ0v) is 18.7. The number of aryl methyl sites for hydroxylation is 3. The Morgan fingerprint density at radius 1 is 1.15 bits per heavy atom. The third-order valence-corrected chi connectivity index (χ3v) is 5.25. The number of nitrogens with one attached hydrogen (secondary N) is 2. The lowest BCUT2D eigenvalue weighted by Gasteiger charge is -2.12. The highest BCUT2D eigenvalue weighted by Gasteiger charge is 2.07. The van der Waals surface area contributed by atoms with E-state index in [0.29, 0.717) is 6.54 Å². The van der Waals surface area contributed by atoms with Gasteiger partial charge < -0.3 is 15.2 Å². The summed E-state index contributed by atoms with van der Waals surface area (Å²) >= 11 is 1.72. The monoisotopic (exact) mass is 484 g/mol. The first-order valence-corrected chi connectivity index (χ1v) is 9.19. The van der Waals surface area contributed by atoms with Crippen LogP contribution in [0.1, 0.15) is 21.4 Å². The van der Waals surface area contributed by atoms with E-state index in [9.17, 15) is 0 Å². The molecule has 0 atom stereocenters. The smallest absolute Gasteiger partial charge is 0.191 e. The predicted molar refractivity (Wildman–Crippen MR) is 120 cm³/mol. The minimum Gasteiger partial charge on any atom is -0.355 e. The number of aromatic nitrogens is 3. The summed E-state index contributed by atoms with van der Waals surface area (Å²) in [4.78, 5) is 14.7. The highest BCUT2D eigenvalue weighted by atomic mass is 127. The van der Waals surface area contributed by atoms with Gasteiger partial charge in [0.2, 0.25) is 0 Å². The largest absolute Gasteiger partial charge is 0.355 e. The van der Waals surface area contributed by atoms with E-state index in [0.717, 1.165) is 41.1 Å². The molecular weight excluding hydrogens is 459 g/mol. The van der Waals surface area contributed by atoms with Crippen molar-refractivity contribution in [2.24, 2.45) is 4.99 Å². The fraction of sp³-hybridized carbons (Fsp3) is 0.389. The van der Waals surface area contributed by atoms with E-state index < -0.39 is 0 Å². The number of imidazole rings is 1. The number of thiazole rings is 1. The molecule has 0 aliphatic carbocycles. The van der Waals surface area contributed by atoms with Crippen molar-refractivity contribution in [2.75, 3.05) is 13.6 Å². The lowest BCUT2D eigenvalue weighted by atomic mass is 10.3. The van der Waals surface area contributed by atoms with Gasteiger partial charge in [-0.05, 0) is 32.9 Å². The van der Waals surface area contributed by atoms with Gasteiger partial charge in [-0.1, -0.05) is 12.1 Å². The van der Waals surface area contributed by atoms with Crippen molar-refractivity contribution in [1.29, 1.82) is 0 Å². The van der Waals surface area contributed by atoms with Gasteiger partial charge in [-0.25, -0.2) is 9.97 Å². The number of fused-ring (bicyclic) bond motifs is 1. The minimum absolute atomic E-state index is 0. The molecule has 6 nitrogen and oxygen atoms in total. The van der Waals surface area contributed by atoms with E-state index in [1.807, 2.05) is 32.0 Å². The highest BCUT2D eigenvalue weighted by Crippen LogP contribution is 2.16. The molecule has 0 unspecified atom stereocenters. The topological polar surface area (TPSA) is 67.1 Å². The zero-order chi connectivity index (χ0) is 17.8. The second-order valence-corrected chi connectivity index (χ2v) is 7.19. The number of halogens is 1. The Morgan fingerprint density at radius 2 is 1.92 bits per heavy atom. The summed E-state index contributed by atoms with van der Waals surface area (Å²) in [6.07, 6.45) is 0. The van der Waals surface area contributed by atoms with Crippen LogP contribution in [0.15, 0.2) is 29.3 Å². The molecule has 0 amide bonds. The van der Waals surface area contributed by atoms with Crippen molar-refractivity contribution in [2.45, 2.75) is 33.9 Å². The molecular formula is C18H25IN6S. The molecule has 3 aromatic rings. The molecule has 140 valence electrons. The lowest BCUT2D eigenvalue weighted by Crippen LogP contribution is -2.38. The normalized spacial score (nSPS) is 11.5. The average molecular weight is 484 g/mol. The molecule has 0 radical (unpaired) electrons. The van der Waals surface area contributed by atoms with Gasteiger partial charge in [0.1, 0.15) is 10.8 Å². The van der Waals surface area contributed by atoms with Gasteiger partial charge >= 0.3 is 0 Å². The fourth-order valence-electron chi connectivity index (χ4n) is 2.76. The third-order valence-electron chi connectivity index (χ3n) is 4.18. The molecule has 0 saturated heterocycles. The van der Waals surface area contributed by atoms with Crippen LogP contribution in [-0.4, -0.2) is 34.1 Å². The van der Waals surface area contributed by atoms with E-state index in [2.05, 4.69) is 43.2 Å². The molecule has 1 aromatic carbocycles. The van der Waals surface area contributed by atoms with Gasteiger partial charge in [0, 0.05) is 25.0 Å². The van der Waals surface area contributed by atoms with Crippen molar-refractivity contribution in [1.82, 2.24) is 25.2 Å². The molecule has 2 aromatic heterocycles. The molecule has 3 rings (SSSR count). The van der Waals surface area contributed by atoms with Crippen LogP contribution in [0, 0.1) is 20.8 Å². The molecule has 8 heteroatoms. The van der Waals surface area contributed by atoms with Crippen LogP contribution in [0.4, 0.5) is 0 Å². The standard InChI is InChI=1S/C18H24N6S.HI/c1-12-13(2)25-17(22-12)11-21-18(19-4)20-9-10-24-14(3)23-15-7-5-6-8-16(15)24;/h5-8H,9-11H2,1-4H3,(H2,19,20,21);1H. The molecule has 2 heterocycles. The van der Waals surface area contributed by atoms with Crippen LogP contribution in [0.5, 0.6) is 0 Å². The summed E-state index contributed by atoms with van der Waals surface area (Å²) < 4.78 is 2.23. The maximum atomic E-state index is 4.60. The van der Waals surface area contributed by atoms with E-state index >= 15 is 0 Å². The van der Waals surface area contributed by atoms with Crippen molar-refractivity contribution in [3.05, 3.63) is 45.7 Å². The summed E-state index contributed by atoms with van der Waals surface area (Å²) in [6, 6.07) is 8.22. The maximum absolute atomic E-state index is 4.60. The first-order valence-electron chi connectivity index (χ1n) is 8.37. The number of hydrogen-bond donors (Lipinski definition) is 2. The number of hydrogen-bond acceptors (Lipinski definition) is 4. The number of rotatable bonds is 5. The van der Waals surface area contributed by atoms with Gasteiger partial charge in [0.15, 0.2) is 5.96 Å². The van der Waals surface area contributed by atoms with Gasteiger partial charge in [0.25, 0.3) is 0 Å².